The van der Waals surface area contributed by atoms with E-state index < -0.39 is 7.05 Å². The Morgan fingerprint density at radius 3 is 1.65 bits per heavy atom. The van der Waals surface area contributed by atoms with E-state index in [2.05, 4.69) is 53.7 Å². The van der Waals surface area contributed by atoms with Crippen molar-refractivity contribution in [1.29, 1.82) is 0 Å². The minimum Gasteiger partial charge on any atom is -0.267 e. The van der Waals surface area contributed by atoms with Crippen LogP contribution in [0.3, 0.4) is 0 Å². The van der Waals surface area contributed by atoms with E-state index in [0.717, 1.165) is 0 Å². The van der Waals surface area contributed by atoms with Crippen LogP contribution in [-0.2, 0) is 0 Å². The van der Waals surface area contributed by atoms with Gasteiger partial charge in [0, 0.05) is 0 Å². The van der Waals surface area contributed by atoms with Gasteiger partial charge in [-0.2, -0.15) is 0 Å². The van der Waals surface area contributed by atoms with Gasteiger partial charge in [0.25, 0.3) is 0 Å². The molecule has 0 radical (unpaired) electrons. The largest absolute Gasteiger partial charge is 0.267 e. The first-order valence-electron chi connectivity index (χ1n) is 6.65. The summed E-state index contributed by atoms with van der Waals surface area (Å²) in [5, 5.41) is 0. The number of rotatable bonds is 4. The standard InChI is InChI=1S/C15H26NP/c1-7-17(8-2,9-3)16-15-13(5)10-12(4)11-14(15)6/h10-11H,7-9H2,1-6H3. The van der Waals surface area contributed by atoms with E-state index in [-0.39, 0.29) is 0 Å². The molecule has 0 atom stereocenters. The van der Waals surface area contributed by atoms with Crippen molar-refractivity contribution >= 4 is 12.7 Å². The van der Waals surface area contributed by atoms with Gasteiger partial charge in [-0.05, 0) is 57.4 Å². The first kappa shape index (κ1) is 14.5. The van der Waals surface area contributed by atoms with Crippen LogP contribution in [0.2, 0.25) is 0 Å². The minimum absolute atomic E-state index is 1.10. The predicted octanol–water partition coefficient (Wildman–Crippen LogP) is 5.50. The van der Waals surface area contributed by atoms with E-state index in [0.29, 0.717) is 0 Å². The summed E-state index contributed by atoms with van der Waals surface area (Å²) in [5.41, 5.74) is 5.27. The van der Waals surface area contributed by atoms with Crippen molar-refractivity contribution in [2.24, 2.45) is 4.74 Å². The van der Waals surface area contributed by atoms with Crippen LogP contribution in [0.5, 0.6) is 0 Å². The van der Waals surface area contributed by atoms with Crippen molar-refractivity contribution in [1.82, 2.24) is 0 Å². The molecule has 1 nitrogen and oxygen atoms in total. The van der Waals surface area contributed by atoms with Gasteiger partial charge in [0.15, 0.2) is 0 Å². The Balaban J connectivity index is 3.39. The van der Waals surface area contributed by atoms with Gasteiger partial charge in [0.05, 0.1) is 5.69 Å². The second-order valence-electron chi connectivity index (χ2n) is 4.89. The van der Waals surface area contributed by atoms with Gasteiger partial charge >= 0.3 is 0 Å². The third-order valence-electron chi connectivity index (χ3n) is 3.71. The van der Waals surface area contributed by atoms with Crippen LogP contribution >= 0.6 is 7.05 Å². The smallest absolute Gasteiger partial charge is 0.0672 e. The fourth-order valence-electron chi connectivity index (χ4n) is 2.43. The molecule has 0 aliphatic carbocycles. The molecule has 0 N–H and O–H groups in total. The lowest BCUT2D eigenvalue weighted by Gasteiger charge is -2.21. The van der Waals surface area contributed by atoms with Gasteiger partial charge in [0.2, 0.25) is 0 Å². The van der Waals surface area contributed by atoms with E-state index >= 15 is 0 Å². The molecule has 0 bridgehead atoms. The summed E-state index contributed by atoms with van der Waals surface area (Å²) in [7, 11) is -1.10. The van der Waals surface area contributed by atoms with Gasteiger partial charge < -0.3 is 0 Å². The molecular formula is C15H26NP. The number of hydrogen-bond acceptors (Lipinski definition) is 1. The van der Waals surface area contributed by atoms with E-state index in [1.54, 1.807) is 0 Å². The Morgan fingerprint density at radius 2 is 1.29 bits per heavy atom. The number of aryl methyl sites for hydroxylation is 3. The fourth-order valence-corrected chi connectivity index (χ4v) is 4.93. The second-order valence-corrected chi connectivity index (χ2v) is 9.18. The molecule has 0 amide bonds. The second kappa shape index (κ2) is 5.87. The Bertz CT molecular complexity index is 404. The summed E-state index contributed by atoms with van der Waals surface area (Å²) in [6, 6.07) is 4.50. The summed E-state index contributed by atoms with van der Waals surface area (Å²) in [5.74, 6) is 0. The van der Waals surface area contributed by atoms with Crippen LogP contribution in [0.15, 0.2) is 16.9 Å². The molecule has 0 aliphatic heterocycles. The maximum absolute atomic E-state index is 5.20. The highest BCUT2D eigenvalue weighted by Crippen LogP contribution is 2.52. The molecular weight excluding hydrogens is 225 g/mol. The molecule has 0 saturated carbocycles. The summed E-state index contributed by atoms with van der Waals surface area (Å²) in [6.07, 6.45) is 3.69. The quantitative estimate of drug-likeness (QED) is 0.626. The zero-order chi connectivity index (χ0) is 13.1. The molecule has 17 heavy (non-hydrogen) atoms. The Morgan fingerprint density at radius 1 is 0.882 bits per heavy atom. The molecule has 0 unspecified atom stereocenters. The monoisotopic (exact) mass is 251 g/mol. The van der Waals surface area contributed by atoms with Crippen LogP contribution in [0.25, 0.3) is 0 Å². The fraction of sp³-hybridized carbons (Fsp3) is 0.600. The Labute approximate surface area is 107 Å². The maximum Gasteiger partial charge on any atom is 0.0672 e. The SMILES string of the molecule is CCP(CC)(CC)=Nc1c(C)cc(C)cc1C. The molecule has 1 rings (SSSR count). The molecule has 0 heterocycles. The van der Waals surface area contributed by atoms with Crippen molar-refractivity contribution in [3.05, 3.63) is 28.8 Å². The van der Waals surface area contributed by atoms with E-state index in [4.69, 9.17) is 4.74 Å². The van der Waals surface area contributed by atoms with E-state index in [1.807, 2.05) is 0 Å². The van der Waals surface area contributed by atoms with Crippen molar-refractivity contribution in [3.8, 4) is 0 Å². The van der Waals surface area contributed by atoms with Gasteiger partial charge in [0.1, 0.15) is 0 Å². The lowest BCUT2D eigenvalue weighted by molar-refractivity contribution is 1.26. The van der Waals surface area contributed by atoms with Crippen LogP contribution in [0, 0.1) is 20.8 Å². The summed E-state index contributed by atoms with van der Waals surface area (Å²) >= 11 is 0. The molecule has 2 heteroatoms. The summed E-state index contributed by atoms with van der Waals surface area (Å²) in [4.78, 5) is 0. The van der Waals surface area contributed by atoms with E-state index in [1.165, 1.54) is 40.9 Å². The van der Waals surface area contributed by atoms with Crippen LogP contribution in [0.1, 0.15) is 37.5 Å². The first-order valence-corrected chi connectivity index (χ1v) is 8.95. The third kappa shape index (κ3) is 3.22. The summed E-state index contributed by atoms with van der Waals surface area (Å²) in [6.45, 7) is 13.4. The van der Waals surface area contributed by atoms with Crippen molar-refractivity contribution in [3.63, 3.8) is 0 Å². The molecule has 1 aromatic carbocycles. The molecule has 0 aliphatic rings. The normalized spacial score (nSPS) is 11.6. The van der Waals surface area contributed by atoms with Crippen molar-refractivity contribution in [2.75, 3.05) is 18.5 Å². The maximum atomic E-state index is 5.20. The minimum atomic E-state index is -1.10. The van der Waals surface area contributed by atoms with Crippen LogP contribution in [0.4, 0.5) is 5.69 Å². The molecule has 96 valence electrons. The highest BCUT2D eigenvalue weighted by atomic mass is 31.2. The number of benzene rings is 1. The van der Waals surface area contributed by atoms with Gasteiger partial charge in [-0.3, -0.25) is 4.74 Å². The molecule has 1 aromatic rings. The third-order valence-corrected chi connectivity index (χ3v) is 7.87. The molecule has 0 aromatic heterocycles. The Hall–Kier alpha value is -0.550. The number of nitrogens with zero attached hydrogens (tertiary/aromatic N) is 1. The highest BCUT2D eigenvalue weighted by Gasteiger charge is 2.14. The molecule has 0 spiro atoms. The Kier molecular flexibility index (Phi) is 5.01. The van der Waals surface area contributed by atoms with E-state index in [9.17, 15) is 0 Å². The van der Waals surface area contributed by atoms with Gasteiger partial charge in [-0.15, -0.1) is 0 Å². The van der Waals surface area contributed by atoms with Crippen LogP contribution < -0.4 is 0 Å². The predicted molar refractivity (Wildman–Crippen MR) is 81.3 cm³/mol. The zero-order valence-corrected chi connectivity index (χ0v) is 13.1. The van der Waals surface area contributed by atoms with Gasteiger partial charge in [-0.25, -0.2) is 0 Å². The van der Waals surface area contributed by atoms with Gasteiger partial charge in [-0.1, -0.05) is 38.5 Å². The molecule has 0 saturated heterocycles. The topological polar surface area (TPSA) is 12.4 Å². The average Bonchev–Trinajstić information content (AvgIpc) is 2.29. The lowest BCUT2D eigenvalue weighted by Crippen LogP contribution is -1.94. The highest BCUT2D eigenvalue weighted by molar-refractivity contribution is 7.66. The van der Waals surface area contributed by atoms with Crippen molar-refractivity contribution in [2.45, 2.75) is 41.5 Å². The number of hydrogen-bond donors (Lipinski definition) is 0. The van der Waals surface area contributed by atoms with Crippen LogP contribution in [-0.4, -0.2) is 18.5 Å². The molecule has 0 fully saturated rings. The average molecular weight is 251 g/mol. The zero-order valence-electron chi connectivity index (χ0n) is 12.2. The first-order chi connectivity index (χ1) is 7.98. The van der Waals surface area contributed by atoms with Crippen molar-refractivity contribution < 1.29 is 0 Å². The lowest BCUT2D eigenvalue weighted by atomic mass is 10.1. The summed E-state index contributed by atoms with van der Waals surface area (Å²) < 4.78 is 5.20.